The summed E-state index contributed by atoms with van der Waals surface area (Å²) in [4.78, 5) is 26.6. The largest absolute Gasteiger partial charge is 0.384 e. The van der Waals surface area contributed by atoms with Crippen molar-refractivity contribution >= 4 is 11.8 Å². The minimum Gasteiger partial charge on any atom is -0.384 e. The third-order valence-corrected chi connectivity index (χ3v) is 3.67. The molecule has 0 aliphatic carbocycles. The van der Waals surface area contributed by atoms with Crippen LogP contribution in [0.15, 0.2) is 0 Å². The van der Waals surface area contributed by atoms with E-state index in [-0.39, 0.29) is 35.7 Å². The van der Waals surface area contributed by atoms with Crippen molar-refractivity contribution in [3.8, 4) is 0 Å². The summed E-state index contributed by atoms with van der Waals surface area (Å²) < 4.78 is 5.14. The Bertz CT molecular complexity index is 344. The lowest BCUT2D eigenvalue weighted by molar-refractivity contribution is -0.152. The van der Waals surface area contributed by atoms with E-state index in [9.17, 15) is 9.59 Å². The Hall–Kier alpha value is -1.10. The number of carbonyl (C=O) groups is 2. The van der Waals surface area contributed by atoms with Crippen LogP contribution in [-0.4, -0.2) is 49.1 Å². The first-order chi connectivity index (χ1) is 9.42. The molecule has 3 unspecified atom stereocenters. The molecule has 0 radical (unpaired) electrons. The van der Waals surface area contributed by atoms with Gasteiger partial charge in [0.25, 0.3) is 0 Å². The molecule has 1 N–H and O–H groups in total. The predicted molar refractivity (Wildman–Crippen MR) is 78.2 cm³/mol. The molecule has 1 aliphatic rings. The van der Waals surface area contributed by atoms with E-state index >= 15 is 0 Å². The molecule has 1 aliphatic heterocycles. The number of rotatable bonds is 7. The van der Waals surface area contributed by atoms with Crippen molar-refractivity contribution in [2.45, 2.75) is 52.6 Å². The molecule has 0 saturated carbocycles. The Morgan fingerprint density at radius 3 is 2.45 bits per heavy atom. The average molecular weight is 284 g/mol. The van der Waals surface area contributed by atoms with Gasteiger partial charge < -0.3 is 15.0 Å². The van der Waals surface area contributed by atoms with Gasteiger partial charge in [-0.1, -0.05) is 34.1 Å². The maximum atomic E-state index is 12.6. The van der Waals surface area contributed by atoms with E-state index in [1.54, 1.807) is 12.0 Å². The fraction of sp³-hybridized carbons (Fsp3) is 0.867. The first-order valence-corrected chi connectivity index (χ1v) is 7.52. The molecule has 0 spiro atoms. The lowest BCUT2D eigenvalue weighted by Gasteiger charge is -2.42. The monoisotopic (exact) mass is 284 g/mol. The summed E-state index contributed by atoms with van der Waals surface area (Å²) in [6.07, 6.45) is 1.58. The zero-order chi connectivity index (χ0) is 15.3. The number of nitrogens with zero attached hydrogens (tertiary/aromatic N) is 1. The maximum Gasteiger partial charge on any atom is 0.245 e. The van der Waals surface area contributed by atoms with E-state index in [1.807, 2.05) is 27.7 Å². The zero-order valence-corrected chi connectivity index (χ0v) is 13.3. The Labute approximate surface area is 122 Å². The highest BCUT2D eigenvalue weighted by Gasteiger charge is 2.41. The van der Waals surface area contributed by atoms with E-state index in [0.717, 1.165) is 6.42 Å². The molecule has 5 nitrogen and oxygen atoms in total. The van der Waals surface area contributed by atoms with E-state index in [2.05, 4.69) is 5.32 Å². The highest BCUT2D eigenvalue weighted by atomic mass is 16.5. The fourth-order valence-electron chi connectivity index (χ4n) is 2.82. The number of amides is 2. The smallest absolute Gasteiger partial charge is 0.245 e. The summed E-state index contributed by atoms with van der Waals surface area (Å²) in [5.41, 5.74) is 0. The first-order valence-electron chi connectivity index (χ1n) is 7.52. The highest BCUT2D eigenvalue weighted by Crippen LogP contribution is 2.20. The molecule has 0 aromatic heterocycles. The summed E-state index contributed by atoms with van der Waals surface area (Å²) in [5.74, 6) is 0.352. The molecule has 3 atom stereocenters. The van der Waals surface area contributed by atoms with Crippen molar-refractivity contribution in [1.82, 2.24) is 10.2 Å². The van der Waals surface area contributed by atoms with Gasteiger partial charge in [-0.3, -0.25) is 9.59 Å². The fourth-order valence-corrected chi connectivity index (χ4v) is 2.82. The van der Waals surface area contributed by atoms with Crippen LogP contribution in [0.2, 0.25) is 0 Å². The third kappa shape index (κ3) is 3.95. The predicted octanol–water partition coefficient (Wildman–Crippen LogP) is 1.42. The molecule has 5 heteroatoms. The van der Waals surface area contributed by atoms with Crippen LogP contribution in [0, 0.1) is 11.8 Å². The van der Waals surface area contributed by atoms with Gasteiger partial charge in [0.05, 0.1) is 6.61 Å². The van der Waals surface area contributed by atoms with Gasteiger partial charge in [-0.2, -0.15) is 0 Å². The van der Waals surface area contributed by atoms with Gasteiger partial charge in [-0.15, -0.1) is 0 Å². The van der Waals surface area contributed by atoms with Crippen molar-refractivity contribution in [2.75, 3.05) is 20.3 Å². The first kappa shape index (κ1) is 17.0. The van der Waals surface area contributed by atoms with E-state index in [1.165, 1.54) is 0 Å². The maximum absolute atomic E-state index is 12.6. The van der Waals surface area contributed by atoms with Gasteiger partial charge in [0.15, 0.2) is 0 Å². The number of hydrogen-bond acceptors (Lipinski definition) is 3. The molecule has 20 heavy (non-hydrogen) atoms. The lowest BCUT2D eigenvalue weighted by atomic mass is 9.94. The molecule has 1 saturated heterocycles. The average Bonchev–Trinajstić information content (AvgIpc) is 2.35. The number of hydrogen-bond donors (Lipinski definition) is 1. The highest BCUT2D eigenvalue weighted by molar-refractivity contribution is 5.97. The van der Waals surface area contributed by atoms with E-state index in [4.69, 9.17) is 4.74 Å². The Morgan fingerprint density at radius 1 is 1.30 bits per heavy atom. The molecule has 116 valence electrons. The van der Waals surface area contributed by atoms with Gasteiger partial charge in [0, 0.05) is 13.7 Å². The van der Waals surface area contributed by atoms with Crippen molar-refractivity contribution in [3.63, 3.8) is 0 Å². The van der Waals surface area contributed by atoms with E-state index < -0.39 is 0 Å². The molecule has 1 fully saturated rings. The molecule has 1 rings (SSSR count). The lowest BCUT2D eigenvalue weighted by Crippen LogP contribution is -2.65. The number of methoxy groups -OCH3 is 1. The van der Waals surface area contributed by atoms with Gasteiger partial charge in [0.2, 0.25) is 11.8 Å². The number of ether oxygens (including phenoxy) is 1. The molecule has 1 heterocycles. The number of piperazine rings is 1. The third-order valence-electron chi connectivity index (χ3n) is 3.67. The molecule has 0 bridgehead atoms. The van der Waals surface area contributed by atoms with Gasteiger partial charge in [-0.25, -0.2) is 0 Å². The SMILES string of the molecule is CCCC1NC(=O)C(C(C)C)N(CC(C)COC)C1=O. The second kappa shape index (κ2) is 7.62. The summed E-state index contributed by atoms with van der Waals surface area (Å²) in [6, 6.07) is -0.729. The van der Waals surface area contributed by atoms with Crippen LogP contribution in [0.3, 0.4) is 0 Å². The molecular weight excluding hydrogens is 256 g/mol. The Balaban J connectivity index is 2.89. The second-order valence-corrected chi connectivity index (χ2v) is 6.09. The van der Waals surface area contributed by atoms with Crippen LogP contribution >= 0.6 is 0 Å². The zero-order valence-electron chi connectivity index (χ0n) is 13.3. The Kier molecular flexibility index (Phi) is 6.46. The van der Waals surface area contributed by atoms with Crippen molar-refractivity contribution < 1.29 is 14.3 Å². The van der Waals surface area contributed by atoms with Crippen LogP contribution in [-0.2, 0) is 14.3 Å². The summed E-state index contributed by atoms with van der Waals surface area (Å²) >= 11 is 0. The summed E-state index contributed by atoms with van der Waals surface area (Å²) in [6.45, 7) is 9.18. The molecule has 2 amide bonds. The van der Waals surface area contributed by atoms with Gasteiger partial charge >= 0.3 is 0 Å². The minimum atomic E-state index is -0.366. The van der Waals surface area contributed by atoms with Gasteiger partial charge in [0.1, 0.15) is 12.1 Å². The van der Waals surface area contributed by atoms with Crippen LogP contribution in [0.1, 0.15) is 40.5 Å². The van der Waals surface area contributed by atoms with E-state index in [0.29, 0.717) is 19.6 Å². The van der Waals surface area contributed by atoms with Crippen LogP contribution < -0.4 is 5.32 Å². The topological polar surface area (TPSA) is 58.6 Å². The Morgan fingerprint density at radius 2 is 1.95 bits per heavy atom. The van der Waals surface area contributed by atoms with Crippen LogP contribution in [0.5, 0.6) is 0 Å². The molecular formula is C15H28N2O3. The van der Waals surface area contributed by atoms with Crippen molar-refractivity contribution in [2.24, 2.45) is 11.8 Å². The van der Waals surface area contributed by atoms with Crippen molar-refractivity contribution in [3.05, 3.63) is 0 Å². The summed E-state index contributed by atoms with van der Waals surface area (Å²) in [7, 11) is 1.65. The molecule has 0 aromatic rings. The standard InChI is InChI=1S/C15H28N2O3/c1-6-7-12-15(19)17(8-11(4)9-20-5)13(10(2)3)14(18)16-12/h10-13H,6-9H2,1-5H3,(H,16,18). The second-order valence-electron chi connectivity index (χ2n) is 6.09. The van der Waals surface area contributed by atoms with Crippen LogP contribution in [0.4, 0.5) is 0 Å². The minimum absolute atomic E-state index is 0.0253. The van der Waals surface area contributed by atoms with Crippen molar-refractivity contribution in [1.29, 1.82) is 0 Å². The number of nitrogens with one attached hydrogen (secondary N) is 1. The summed E-state index contributed by atoms with van der Waals surface area (Å²) in [5, 5.41) is 2.87. The number of carbonyl (C=O) groups excluding carboxylic acids is 2. The molecule has 0 aromatic carbocycles. The quantitative estimate of drug-likeness (QED) is 0.769. The van der Waals surface area contributed by atoms with Gasteiger partial charge in [-0.05, 0) is 18.3 Å². The van der Waals surface area contributed by atoms with Crippen LogP contribution in [0.25, 0.3) is 0 Å². The normalized spacial score (nSPS) is 25.0.